The highest BCUT2D eigenvalue weighted by molar-refractivity contribution is 5.09. The molecule has 1 heterocycles. The third kappa shape index (κ3) is 1.62. The van der Waals surface area contributed by atoms with Gasteiger partial charge >= 0.3 is 0 Å². The molecule has 0 amide bonds. The van der Waals surface area contributed by atoms with Crippen molar-refractivity contribution in [2.45, 2.75) is 51.2 Å². The molecule has 1 unspecified atom stereocenters. The summed E-state index contributed by atoms with van der Waals surface area (Å²) in [7, 11) is 0. The molecule has 0 saturated heterocycles. The third-order valence-electron chi connectivity index (χ3n) is 3.71. The van der Waals surface area contributed by atoms with Crippen molar-refractivity contribution < 1.29 is 4.74 Å². The molecule has 1 atom stereocenters. The Hall–Kier alpha value is -0.660. The largest absolute Gasteiger partial charge is 0.473 e. The van der Waals surface area contributed by atoms with Gasteiger partial charge in [0.1, 0.15) is 5.76 Å². The van der Waals surface area contributed by atoms with Gasteiger partial charge in [-0.15, -0.1) is 0 Å². The predicted octanol–water partition coefficient (Wildman–Crippen LogP) is 2.76. The van der Waals surface area contributed by atoms with Gasteiger partial charge in [0.2, 0.25) is 0 Å². The third-order valence-corrected chi connectivity index (χ3v) is 3.71. The van der Waals surface area contributed by atoms with E-state index in [9.17, 15) is 0 Å². The minimum atomic E-state index is 0.311. The fourth-order valence-corrected chi connectivity index (χ4v) is 2.63. The summed E-state index contributed by atoms with van der Waals surface area (Å²) in [5, 5.41) is 3.41. The van der Waals surface area contributed by atoms with E-state index in [1.54, 1.807) is 0 Å². The summed E-state index contributed by atoms with van der Waals surface area (Å²) in [4.78, 5) is 0. The smallest absolute Gasteiger partial charge is 0.172 e. The van der Waals surface area contributed by atoms with Crippen LogP contribution in [0.2, 0.25) is 0 Å². The van der Waals surface area contributed by atoms with E-state index in [2.05, 4.69) is 11.5 Å². The van der Waals surface area contributed by atoms with Crippen molar-refractivity contribution in [3.05, 3.63) is 12.0 Å². The lowest BCUT2D eigenvalue weighted by atomic mass is 9.88. The van der Waals surface area contributed by atoms with Crippen molar-refractivity contribution >= 4 is 0 Å². The topological polar surface area (TPSA) is 21.3 Å². The normalized spacial score (nSPS) is 33.4. The van der Waals surface area contributed by atoms with Crippen molar-refractivity contribution in [2.75, 3.05) is 0 Å². The lowest BCUT2D eigenvalue weighted by molar-refractivity contribution is 0.0483. The fraction of sp³-hybridized carbons (Fsp3) is 0.833. The number of hydrogen-bond donors (Lipinski definition) is 1. The van der Waals surface area contributed by atoms with Crippen LogP contribution in [0.5, 0.6) is 0 Å². The number of allylic oxidation sites excluding steroid dienone is 1. The highest BCUT2D eigenvalue weighted by Gasteiger charge is 2.35. The zero-order chi connectivity index (χ0) is 9.38. The van der Waals surface area contributed by atoms with Crippen molar-refractivity contribution in [2.24, 2.45) is 11.8 Å². The van der Waals surface area contributed by atoms with E-state index in [-0.39, 0.29) is 0 Å². The summed E-state index contributed by atoms with van der Waals surface area (Å²) in [6.45, 7) is 0. The van der Waals surface area contributed by atoms with Gasteiger partial charge in [-0.3, -0.25) is 0 Å². The molecule has 3 rings (SSSR count). The molecule has 1 N–H and O–H groups in total. The SMILES string of the molecule is C1=C(C2CC2)OC(C2CCCCC2)N1. The summed E-state index contributed by atoms with van der Waals surface area (Å²) in [5.41, 5.74) is 0. The molecule has 2 nitrogen and oxygen atoms in total. The molecule has 78 valence electrons. The van der Waals surface area contributed by atoms with E-state index in [0.29, 0.717) is 6.23 Å². The zero-order valence-corrected chi connectivity index (χ0v) is 8.67. The second kappa shape index (κ2) is 3.48. The van der Waals surface area contributed by atoms with Gasteiger partial charge < -0.3 is 10.1 Å². The molecule has 2 aliphatic carbocycles. The van der Waals surface area contributed by atoms with Gasteiger partial charge in [-0.25, -0.2) is 0 Å². The summed E-state index contributed by atoms with van der Waals surface area (Å²) >= 11 is 0. The molecular weight excluding hydrogens is 174 g/mol. The molecule has 14 heavy (non-hydrogen) atoms. The van der Waals surface area contributed by atoms with Crippen LogP contribution < -0.4 is 5.32 Å². The minimum Gasteiger partial charge on any atom is -0.473 e. The first-order valence-corrected chi connectivity index (χ1v) is 6.06. The number of nitrogens with one attached hydrogen (secondary N) is 1. The second-order valence-corrected chi connectivity index (χ2v) is 4.92. The summed E-state index contributed by atoms with van der Waals surface area (Å²) < 4.78 is 5.97. The molecule has 2 heteroatoms. The molecule has 0 aromatic rings. The van der Waals surface area contributed by atoms with E-state index in [0.717, 1.165) is 11.8 Å². The quantitative estimate of drug-likeness (QED) is 0.728. The Bertz CT molecular complexity index is 239. The highest BCUT2D eigenvalue weighted by Crippen LogP contribution is 2.40. The van der Waals surface area contributed by atoms with Crippen molar-refractivity contribution in [1.82, 2.24) is 5.32 Å². The van der Waals surface area contributed by atoms with Crippen LogP contribution in [0.25, 0.3) is 0 Å². The molecule has 0 bridgehead atoms. The standard InChI is InChI=1S/C12H19NO/c1-2-4-10(5-3-1)12-13-8-11(14-12)9-6-7-9/h8-10,12-13H,1-7H2. The van der Waals surface area contributed by atoms with E-state index < -0.39 is 0 Å². The van der Waals surface area contributed by atoms with Crippen LogP contribution in [0.1, 0.15) is 44.9 Å². The molecule has 2 saturated carbocycles. The van der Waals surface area contributed by atoms with Crippen LogP contribution in [0.4, 0.5) is 0 Å². The van der Waals surface area contributed by atoms with Gasteiger partial charge in [0.15, 0.2) is 6.23 Å². The van der Waals surface area contributed by atoms with Crippen molar-refractivity contribution in [3.63, 3.8) is 0 Å². The number of rotatable bonds is 2. The van der Waals surface area contributed by atoms with E-state index in [1.165, 1.54) is 50.7 Å². The van der Waals surface area contributed by atoms with Gasteiger partial charge in [0.05, 0.1) is 0 Å². The van der Waals surface area contributed by atoms with Gasteiger partial charge in [-0.1, -0.05) is 19.3 Å². The summed E-state index contributed by atoms with van der Waals surface area (Å²) in [6.07, 6.45) is 12.0. The van der Waals surface area contributed by atoms with Crippen LogP contribution >= 0.6 is 0 Å². The van der Waals surface area contributed by atoms with E-state index in [4.69, 9.17) is 4.74 Å². The molecule has 0 aromatic heterocycles. The maximum atomic E-state index is 5.97. The van der Waals surface area contributed by atoms with Crippen LogP contribution in [-0.2, 0) is 4.74 Å². The van der Waals surface area contributed by atoms with Gasteiger partial charge in [0.25, 0.3) is 0 Å². The van der Waals surface area contributed by atoms with Crippen LogP contribution in [0, 0.1) is 11.8 Å². The highest BCUT2D eigenvalue weighted by atomic mass is 16.5. The molecule has 0 radical (unpaired) electrons. The molecule has 0 spiro atoms. The Morgan fingerprint density at radius 3 is 2.57 bits per heavy atom. The fourth-order valence-electron chi connectivity index (χ4n) is 2.63. The first kappa shape index (κ1) is 8.63. The maximum Gasteiger partial charge on any atom is 0.172 e. The minimum absolute atomic E-state index is 0.311. The van der Waals surface area contributed by atoms with Crippen LogP contribution in [0.15, 0.2) is 12.0 Å². The van der Waals surface area contributed by atoms with E-state index >= 15 is 0 Å². The maximum absolute atomic E-state index is 5.97. The predicted molar refractivity (Wildman–Crippen MR) is 55.4 cm³/mol. The molecular formula is C12H19NO. The first-order chi connectivity index (χ1) is 6.93. The molecule has 3 aliphatic rings. The van der Waals surface area contributed by atoms with E-state index in [1.807, 2.05) is 0 Å². The summed E-state index contributed by atoms with van der Waals surface area (Å²) in [5.74, 6) is 2.76. The molecule has 1 aliphatic heterocycles. The number of hydrogen-bond acceptors (Lipinski definition) is 2. The lowest BCUT2D eigenvalue weighted by Gasteiger charge is -2.27. The first-order valence-electron chi connectivity index (χ1n) is 6.06. The monoisotopic (exact) mass is 193 g/mol. The zero-order valence-electron chi connectivity index (χ0n) is 8.67. The average molecular weight is 193 g/mol. The van der Waals surface area contributed by atoms with Gasteiger partial charge in [0, 0.05) is 18.0 Å². The van der Waals surface area contributed by atoms with Crippen molar-refractivity contribution in [3.8, 4) is 0 Å². The number of ether oxygens (including phenoxy) is 1. The average Bonchev–Trinajstić information content (AvgIpc) is 2.98. The van der Waals surface area contributed by atoms with Crippen LogP contribution in [-0.4, -0.2) is 6.23 Å². The Balaban J connectivity index is 1.55. The van der Waals surface area contributed by atoms with Crippen LogP contribution in [0.3, 0.4) is 0 Å². The second-order valence-electron chi connectivity index (χ2n) is 4.92. The summed E-state index contributed by atoms with van der Waals surface area (Å²) in [6, 6.07) is 0. The van der Waals surface area contributed by atoms with Gasteiger partial charge in [-0.2, -0.15) is 0 Å². The molecule has 0 aromatic carbocycles. The molecule has 2 fully saturated rings. The Labute approximate surface area is 85.7 Å². The Kier molecular flexibility index (Phi) is 2.15. The Morgan fingerprint density at radius 2 is 1.86 bits per heavy atom. The lowest BCUT2D eigenvalue weighted by Crippen LogP contribution is -2.32. The van der Waals surface area contributed by atoms with Gasteiger partial charge in [-0.05, 0) is 25.7 Å². The van der Waals surface area contributed by atoms with Crippen molar-refractivity contribution in [1.29, 1.82) is 0 Å². The Morgan fingerprint density at radius 1 is 1.07 bits per heavy atom.